The van der Waals surface area contributed by atoms with E-state index in [4.69, 9.17) is 14.2 Å². The standard InChI is InChI=1S/C27H35NO4/c1-3-15-30-20-18-22-26(24(19-20)31-16-4-2)25-21(27(22)29)10-8-11-23(25)32-17-9-14-28-12-6-5-7-13-28/h8,10-11,18-19H,3-7,9,12-17H2,1-2H3. The van der Waals surface area contributed by atoms with E-state index in [0.29, 0.717) is 42.4 Å². The van der Waals surface area contributed by atoms with E-state index in [1.807, 2.05) is 30.3 Å². The average molecular weight is 438 g/mol. The molecule has 172 valence electrons. The molecule has 1 heterocycles. The molecule has 0 aromatic heterocycles. The van der Waals surface area contributed by atoms with Crippen molar-refractivity contribution in [2.24, 2.45) is 0 Å². The molecule has 5 heteroatoms. The molecule has 0 unspecified atom stereocenters. The second-order valence-electron chi connectivity index (χ2n) is 8.65. The summed E-state index contributed by atoms with van der Waals surface area (Å²) in [5.74, 6) is 2.16. The zero-order valence-corrected chi connectivity index (χ0v) is 19.5. The number of fused-ring (bicyclic) bond motifs is 3. The summed E-state index contributed by atoms with van der Waals surface area (Å²) in [5, 5.41) is 0. The van der Waals surface area contributed by atoms with Crippen molar-refractivity contribution < 1.29 is 19.0 Å². The lowest BCUT2D eigenvalue weighted by Crippen LogP contribution is -2.31. The van der Waals surface area contributed by atoms with Crippen LogP contribution in [0.1, 0.15) is 68.3 Å². The summed E-state index contributed by atoms with van der Waals surface area (Å²) in [7, 11) is 0. The Labute approximate surface area is 191 Å². The van der Waals surface area contributed by atoms with Crippen molar-refractivity contribution >= 4 is 5.78 Å². The van der Waals surface area contributed by atoms with Crippen molar-refractivity contribution in [3.8, 4) is 28.4 Å². The summed E-state index contributed by atoms with van der Waals surface area (Å²) < 4.78 is 18.2. The smallest absolute Gasteiger partial charge is 0.194 e. The van der Waals surface area contributed by atoms with Crippen LogP contribution in [0.25, 0.3) is 11.1 Å². The van der Waals surface area contributed by atoms with E-state index in [-0.39, 0.29) is 5.78 Å². The maximum Gasteiger partial charge on any atom is 0.194 e. The van der Waals surface area contributed by atoms with Crippen LogP contribution in [0.2, 0.25) is 0 Å². The lowest BCUT2D eigenvalue weighted by Gasteiger charge is -2.26. The molecule has 2 aromatic carbocycles. The Kier molecular flexibility index (Phi) is 7.69. The molecule has 4 rings (SSSR count). The van der Waals surface area contributed by atoms with E-state index < -0.39 is 0 Å². The number of likely N-dealkylation sites (tertiary alicyclic amines) is 1. The Morgan fingerprint density at radius 3 is 2.31 bits per heavy atom. The van der Waals surface area contributed by atoms with Crippen molar-refractivity contribution in [3.63, 3.8) is 0 Å². The fourth-order valence-corrected chi connectivity index (χ4v) is 4.55. The number of ketones is 1. The number of nitrogens with zero attached hydrogens (tertiary/aromatic N) is 1. The van der Waals surface area contributed by atoms with Crippen LogP contribution in [0, 0.1) is 0 Å². The van der Waals surface area contributed by atoms with Crippen LogP contribution < -0.4 is 14.2 Å². The number of benzene rings is 2. The third-order valence-corrected chi connectivity index (χ3v) is 6.10. The van der Waals surface area contributed by atoms with E-state index in [1.165, 1.54) is 32.4 Å². The Morgan fingerprint density at radius 1 is 0.812 bits per heavy atom. The molecule has 2 aliphatic rings. The molecule has 0 atom stereocenters. The van der Waals surface area contributed by atoms with Gasteiger partial charge < -0.3 is 19.1 Å². The highest BCUT2D eigenvalue weighted by atomic mass is 16.5. The quantitative estimate of drug-likeness (QED) is 0.359. The van der Waals surface area contributed by atoms with Gasteiger partial charge in [-0.2, -0.15) is 0 Å². The summed E-state index contributed by atoms with van der Waals surface area (Å²) in [6.07, 6.45) is 6.74. The van der Waals surface area contributed by atoms with Gasteiger partial charge in [-0.05, 0) is 57.3 Å². The molecule has 2 aromatic rings. The average Bonchev–Trinajstić information content (AvgIpc) is 3.12. The second-order valence-corrected chi connectivity index (χ2v) is 8.65. The highest BCUT2D eigenvalue weighted by Gasteiger charge is 2.33. The lowest BCUT2D eigenvalue weighted by atomic mass is 10.0. The fraction of sp³-hybridized carbons (Fsp3) is 0.519. The van der Waals surface area contributed by atoms with Crippen molar-refractivity contribution in [2.45, 2.75) is 52.4 Å². The molecule has 0 amide bonds. The van der Waals surface area contributed by atoms with Crippen LogP contribution in [0.3, 0.4) is 0 Å². The summed E-state index contributed by atoms with van der Waals surface area (Å²) in [6, 6.07) is 9.53. The molecule has 0 saturated carbocycles. The van der Waals surface area contributed by atoms with Crippen LogP contribution in [-0.4, -0.2) is 50.1 Å². The minimum absolute atomic E-state index is 0.0112. The summed E-state index contributed by atoms with van der Waals surface area (Å²) in [6.45, 7) is 9.44. The van der Waals surface area contributed by atoms with Gasteiger partial charge in [-0.1, -0.05) is 32.4 Å². The largest absolute Gasteiger partial charge is 0.493 e. The molecule has 1 aliphatic heterocycles. The monoisotopic (exact) mass is 437 g/mol. The van der Waals surface area contributed by atoms with E-state index in [2.05, 4.69) is 18.7 Å². The fourth-order valence-electron chi connectivity index (χ4n) is 4.55. The van der Waals surface area contributed by atoms with Gasteiger partial charge in [0.15, 0.2) is 5.78 Å². The van der Waals surface area contributed by atoms with Crippen LogP contribution in [0.5, 0.6) is 17.2 Å². The van der Waals surface area contributed by atoms with Gasteiger partial charge in [0, 0.05) is 34.9 Å². The predicted molar refractivity (Wildman–Crippen MR) is 127 cm³/mol. The SMILES string of the molecule is CCCOc1cc(OCCC)c2c(c1)C(=O)c1cccc(OCCCN3CCCCC3)c1-2. The number of ether oxygens (including phenoxy) is 3. The molecule has 32 heavy (non-hydrogen) atoms. The zero-order chi connectivity index (χ0) is 22.3. The van der Waals surface area contributed by atoms with Gasteiger partial charge in [0.25, 0.3) is 0 Å². The lowest BCUT2D eigenvalue weighted by molar-refractivity contribution is 0.104. The van der Waals surface area contributed by atoms with Crippen molar-refractivity contribution in [3.05, 3.63) is 41.5 Å². The van der Waals surface area contributed by atoms with Crippen molar-refractivity contribution in [1.29, 1.82) is 0 Å². The number of rotatable bonds is 11. The molecular formula is C27H35NO4. The maximum absolute atomic E-state index is 13.3. The van der Waals surface area contributed by atoms with E-state index >= 15 is 0 Å². The van der Waals surface area contributed by atoms with Gasteiger partial charge in [-0.3, -0.25) is 4.79 Å². The number of carbonyl (C=O) groups excluding carboxylic acids is 1. The highest BCUT2D eigenvalue weighted by Crippen LogP contribution is 2.49. The molecule has 1 saturated heterocycles. The molecule has 0 radical (unpaired) electrons. The molecule has 1 fully saturated rings. The third kappa shape index (κ3) is 4.93. The van der Waals surface area contributed by atoms with E-state index in [9.17, 15) is 4.79 Å². The molecule has 0 spiro atoms. The second kappa shape index (κ2) is 10.9. The summed E-state index contributed by atoms with van der Waals surface area (Å²) in [4.78, 5) is 15.8. The van der Waals surface area contributed by atoms with E-state index in [0.717, 1.165) is 42.7 Å². The predicted octanol–water partition coefficient (Wildman–Crippen LogP) is 5.73. The third-order valence-electron chi connectivity index (χ3n) is 6.10. The van der Waals surface area contributed by atoms with Gasteiger partial charge in [0.1, 0.15) is 17.2 Å². The minimum Gasteiger partial charge on any atom is -0.493 e. The normalized spacial score (nSPS) is 15.4. The van der Waals surface area contributed by atoms with Crippen LogP contribution in [0.4, 0.5) is 0 Å². The van der Waals surface area contributed by atoms with Gasteiger partial charge in [0.2, 0.25) is 0 Å². The van der Waals surface area contributed by atoms with Crippen molar-refractivity contribution in [2.75, 3.05) is 39.5 Å². The summed E-state index contributed by atoms with van der Waals surface area (Å²) in [5.41, 5.74) is 3.03. The number of hydrogen-bond acceptors (Lipinski definition) is 5. The molecule has 0 N–H and O–H groups in total. The zero-order valence-electron chi connectivity index (χ0n) is 19.5. The molecule has 0 bridgehead atoms. The first-order chi connectivity index (χ1) is 15.7. The maximum atomic E-state index is 13.3. The van der Waals surface area contributed by atoms with E-state index in [1.54, 1.807) is 0 Å². The molecule has 5 nitrogen and oxygen atoms in total. The number of piperidine rings is 1. The minimum atomic E-state index is 0.0112. The topological polar surface area (TPSA) is 48.0 Å². The number of carbonyl (C=O) groups is 1. The first-order valence-corrected chi connectivity index (χ1v) is 12.2. The van der Waals surface area contributed by atoms with Gasteiger partial charge in [0.05, 0.1) is 19.8 Å². The molecular weight excluding hydrogens is 402 g/mol. The van der Waals surface area contributed by atoms with Gasteiger partial charge >= 0.3 is 0 Å². The van der Waals surface area contributed by atoms with Crippen LogP contribution >= 0.6 is 0 Å². The molecule has 1 aliphatic carbocycles. The Morgan fingerprint density at radius 2 is 1.53 bits per heavy atom. The Balaban J connectivity index is 1.57. The van der Waals surface area contributed by atoms with Gasteiger partial charge in [-0.15, -0.1) is 0 Å². The Hall–Kier alpha value is -2.53. The highest BCUT2D eigenvalue weighted by molar-refractivity contribution is 6.23. The first kappa shape index (κ1) is 22.7. The number of hydrogen-bond donors (Lipinski definition) is 0. The van der Waals surface area contributed by atoms with Crippen LogP contribution in [0.15, 0.2) is 30.3 Å². The van der Waals surface area contributed by atoms with Crippen LogP contribution in [-0.2, 0) is 0 Å². The van der Waals surface area contributed by atoms with Gasteiger partial charge in [-0.25, -0.2) is 0 Å². The Bertz CT molecular complexity index is 933. The first-order valence-electron chi connectivity index (χ1n) is 12.2. The summed E-state index contributed by atoms with van der Waals surface area (Å²) >= 11 is 0. The van der Waals surface area contributed by atoms with Crippen molar-refractivity contribution in [1.82, 2.24) is 4.90 Å².